The minimum absolute atomic E-state index is 0.0436. The smallest absolute Gasteiger partial charge is 0.326 e. The van der Waals surface area contributed by atoms with Crippen LogP contribution >= 0.6 is 0 Å². The van der Waals surface area contributed by atoms with Crippen LogP contribution in [0.25, 0.3) is 0 Å². The van der Waals surface area contributed by atoms with Crippen molar-refractivity contribution in [1.82, 2.24) is 10.2 Å². The van der Waals surface area contributed by atoms with Crippen molar-refractivity contribution in [3.63, 3.8) is 0 Å². The van der Waals surface area contributed by atoms with Crippen LogP contribution in [0.5, 0.6) is 0 Å². The Morgan fingerprint density at radius 3 is 2.60 bits per heavy atom. The number of nitrogens with zero attached hydrogens (tertiary/aromatic N) is 1. The molecule has 0 aliphatic heterocycles. The quantitative estimate of drug-likeness (QED) is 0.728. The minimum Gasteiger partial charge on any atom is -0.465 e. The van der Waals surface area contributed by atoms with Crippen LogP contribution in [-0.4, -0.2) is 48.7 Å². The Hall–Kier alpha value is -0.610. The number of rotatable bonds is 7. The maximum Gasteiger partial charge on any atom is 0.326 e. The predicted octanol–water partition coefficient (Wildman–Crippen LogP) is 2.32. The van der Waals surface area contributed by atoms with Gasteiger partial charge >= 0.3 is 5.97 Å². The van der Waals surface area contributed by atoms with Crippen molar-refractivity contribution < 1.29 is 9.53 Å². The third kappa shape index (κ3) is 3.17. The number of esters is 1. The van der Waals surface area contributed by atoms with Crippen LogP contribution < -0.4 is 5.32 Å². The summed E-state index contributed by atoms with van der Waals surface area (Å²) in [6.45, 7) is 5.38. The molecule has 0 spiro atoms. The summed E-state index contributed by atoms with van der Waals surface area (Å²) >= 11 is 0. The van der Waals surface area contributed by atoms with E-state index in [0.29, 0.717) is 12.6 Å². The Morgan fingerprint density at radius 2 is 2.05 bits per heavy atom. The molecule has 4 nitrogen and oxygen atoms in total. The van der Waals surface area contributed by atoms with Gasteiger partial charge in [0, 0.05) is 12.1 Å². The third-order valence-electron chi connectivity index (χ3n) is 5.09. The summed E-state index contributed by atoms with van der Waals surface area (Å²) in [4.78, 5) is 14.9. The number of nitrogens with one attached hydrogen (secondary N) is 1. The van der Waals surface area contributed by atoms with Gasteiger partial charge in [-0.1, -0.05) is 13.3 Å². The molecular formula is C16H30N2O2. The number of ether oxygens (including phenoxy) is 1. The van der Waals surface area contributed by atoms with Crippen LogP contribution in [0.3, 0.4) is 0 Å². The van der Waals surface area contributed by atoms with Gasteiger partial charge in [0.2, 0.25) is 0 Å². The molecule has 0 aromatic rings. The second-order valence-electron chi connectivity index (χ2n) is 6.38. The van der Waals surface area contributed by atoms with Crippen LogP contribution in [0.15, 0.2) is 0 Å². The Kier molecular flexibility index (Phi) is 5.44. The Bertz CT molecular complexity index is 330. The van der Waals surface area contributed by atoms with Crippen molar-refractivity contribution >= 4 is 5.97 Å². The average molecular weight is 282 g/mol. The molecule has 20 heavy (non-hydrogen) atoms. The maximum absolute atomic E-state index is 12.4. The molecule has 2 atom stereocenters. The lowest BCUT2D eigenvalue weighted by molar-refractivity contribution is -0.151. The monoisotopic (exact) mass is 282 g/mol. The van der Waals surface area contributed by atoms with Crippen LogP contribution in [0, 0.1) is 0 Å². The molecule has 0 heterocycles. The van der Waals surface area contributed by atoms with Gasteiger partial charge in [-0.3, -0.25) is 4.79 Å². The van der Waals surface area contributed by atoms with Crippen LogP contribution in [0.2, 0.25) is 0 Å². The zero-order valence-corrected chi connectivity index (χ0v) is 13.3. The number of hydrogen-bond acceptors (Lipinski definition) is 4. The highest BCUT2D eigenvalue weighted by Crippen LogP contribution is 2.37. The Balaban J connectivity index is 1.99. The fourth-order valence-electron chi connectivity index (χ4n) is 3.51. The average Bonchev–Trinajstić information content (AvgIpc) is 2.80. The van der Waals surface area contributed by atoms with Gasteiger partial charge in [0.05, 0.1) is 6.61 Å². The van der Waals surface area contributed by atoms with E-state index in [9.17, 15) is 4.79 Å². The van der Waals surface area contributed by atoms with E-state index < -0.39 is 5.54 Å². The summed E-state index contributed by atoms with van der Waals surface area (Å²) in [7, 11) is 2.23. The van der Waals surface area contributed by atoms with Gasteiger partial charge in [0.1, 0.15) is 5.54 Å². The van der Waals surface area contributed by atoms with E-state index in [2.05, 4.69) is 24.2 Å². The molecule has 2 aliphatic rings. The van der Waals surface area contributed by atoms with Crippen molar-refractivity contribution in [3.05, 3.63) is 0 Å². The second kappa shape index (κ2) is 6.90. The van der Waals surface area contributed by atoms with Gasteiger partial charge < -0.3 is 15.0 Å². The molecule has 2 fully saturated rings. The van der Waals surface area contributed by atoms with E-state index in [1.165, 1.54) is 19.3 Å². The van der Waals surface area contributed by atoms with Crippen molar-refractivity contribution in [3.8, 4) is 0 Å². The van der Waals surface area contributed by atoms with Crippen molar-refractivity contribution in [2.45, 2.75) is 76.4 Å². The lowest BCUT2D eigenvalue weighted by Crippen LogP contribution is -2.53. The molecule has 0 radical (unpaired) electrons. The molecule has 4 heteroatoms. The topological polar surface area (TPSA) is 41.6 Å². The fraction of sp³-hybridized carbons (Fsp3) is 0.938. The molecule has 0 aromatic carbocycles. The minimum atomic E-state index is -0.436. The molecule has 2 unspecified atom stereocenters. The summed E-state index contributed by atoms with van der Waals surface area (Å²) in [5.41, 5.74) is -0.436. The Morgan fingerprint density at radius 1 is 1.30 bits per heavy atom. The molecule has 2 rings (SSSR count). The second-order valence-corrected chi connectivity index (χ2v) is 6.38. The first-order chi connectivity index (χ1) is 9.63. The molecular weight excluding hydrogens is 252 g/mol. The van der Waals surface area contributed by atoms with E-state index in [1.54, 1.807) is 0 Å². The van der Waals surface area contributed by atoms with E-state index in [1.807, 2.05) is 6.92 Å². The van der Waals surface area contributed by atoms with Gasteiger partial charge in [-0.05, 0) is 59.0 Å². The van der Waals surface area contributed by atoms with Crippen LogP contribution in [0.4, 0.5) is 0 Å². The number of carbonyl (C=O) groups excluding carboxylic acids is 1. The summed E-state index contributed by atoms with van der Waals surface area (Å²) in [6.07, 6.45) is 7.96. The van der Waals surface area contributed by atoms with Gasteiger partial charge in [-0.15, -0.1) is 0 Å². The van der Waals surface area contributed by atoms with Crippen molar-refractivity contribution in [2.75, 3.05) is 20.2 Å². The Labute approximate surface area is 123 Å². The SMILES string of the molecule is CCCNC1(C(=O)OCC)CCC(N(C)C2CCC2)C1. The standard InChI is InChI=1S/C16H30N2O2/c1-4-11-17-16(15(19)20-5-2)10-9-14(12-16)18(3)13-7-6-8-13/h13-14,17H,4-12H2,1-3H3. The molecule has 0 saturated heterocycles. The van der Waals surface area contributed by atoms with Gasteiger partial charge in [0.25, 0.3) is 0 Å². The van der Waals surface area contributed by atoms with Crippen molar-refractivity contribution in [2.24, 2.45) is 0 Å². The lowest BCUT2D eigenvalue weighted by Gasteiger charge is -2.39. The number of hydrogen-bond donors (Lipinski definition) is 1. The predicted molar refractivity (Wildman–Crippen MR) is 80.7 cm³/mol. The molecule has 2 saturated carbocycles. The van der Waals surface area contributed by atoms with Gasteiger partial charge in [0.15, 0.2) is 0 Å². The van der Waals surface area contributed by atoms with Gasteiger partial charge in [-0.25, -0.2) is 0 Å². The summed E-state index contributed by atoms with van der Waals surface area (Å²) in [6, 6.07) is 1.26. The third-order valence-corrected chi connectivity index (χ3v) is 5.09. The normalized spacial score (nSPS) is 30.5. The van der Waals surface area contributed by atoms with Crippen LogP contribution in [-0.2, 0) is 9.53 Å². The first-order valence-electron chi connectivity index (χ1n) is 8.27. The molecule has 1 N–H and O–H groups in total. The van der Waals surface area contributed by atoms with E-state index in [4.69, 9.17) is 4.74 Å². The highest BCUT2D eigenvalue weighted by Gasteiger charge is 2.48. The molecule has 0 bridgehead atoms. The summed E-state index contributed by atoms with van der Waals surface area (Å²) < 4.78 is 5.34. The highest BCUT2D eigenvalue weighted by molar-refractivity contribution is 5.81. The van der Waals surface area contributed by atoms with E-state index in [-0.39, 0.29) is 5.97 Å². The summed E-state index contributed by atoms with van der Waals surface area (Å²) in [5.74, 6) is -0.0436. The van der Waals surface area contributed by atoms with Gasteiger partial charge in [-0.2, -0.15) is 0 Å². The number of carbonyl (C=O) groups is 1. The lowest BCUT2D eigenvalue weighted by atomic mass is 9.90. The zero-order chi connectivity index (χ0) is 14.6. The maximum atomic E-state index is 12.4. The highest BCUT2D eigenvalue weighted by atomic mass is 16.5. The van der Waals surface area contributed by atoms with Crippen LogP contribution in [0.1, 0.15) is 58.8 Å². The largest absolute Gasteiger partial charge is 0.465 e. The zero-order valence-electron chi connectivity index (χ0n) is 13.3. The van der Waals surface area contributed by atoms with E-state index >= 15 is 0 Å². The first kappa shape index (κ1) is 15.8. The first-order valence-corrected chi connectivity index (χ1v) is 8.27. The fourth-order valence-corrected chi connectivity index (χ4v) is 3.51. The molecule has 0 amide bonds. The molecule has 0 aromatic heterocycles. The van der Waals surface area contributed by atoms with E-state index in [0.717, 1.165) is 38.3 Å². The molecule has 116 valence electrons. The van der Waals surface area contributed by atoms with Crippen molar-refractivity contribution in [1.29, 1.82) is 0 Å². The summed E-state index contributed by atoms with van der Waals surface area (Å²) in [5, 5.41) is 3.49. The molecule has 2 aliphatic carbocycles.